The highest BCUT2D eigenvalue weighted by atomic mass is 16.5. The summed E-state index contributed by atoms with van der Waals surface area (Å²) in [4.78, 5) is 2.10. The molecule has 0 aromatic heterocycles. The molecule has 0 aliphatic rings. The van der Waals surface area contributed by atoms with Gasteiger partial charge in [0, 0.05) is 25.3 Å². The first-order valence-electron chi connectivity index (χ1n) is 6.75. The Morgan fingerprint density at radius 3 is 2.20 bits per heavy atom. The molecule has 2 rings (SSSR count). The summed E-state index contributed by atoms with van der Waals surface area (Å²) in [6.07, 6.45) is 0. The minimum Gasteiger partial charge on any atom is -0.496 e. The van der Waals surface area contributed by atoms with Crippen LogP contribution in [0.3, 0.4) is 0 Å². The second-order valence-corrected chi connectivity index (χ2v) is 4.95. The fourth-order valence-electron chi connectivity index (χ4n) is 2.37. The van der Waals surface area contributed by atoms with Crippen molar-refractivity contribution in [3.05, 3.63) is 59.7 Å². The van der Waals surface area contributed by atoms with Crippen LogP contribution in [0.1, 0.15) is 17.2 Å². The molecule has 0 bridgehead atoms. The standard InChI is InChI=1S/C17H22N2O/c1-18-17(15-7-5-6-8-16(15)20-4)13-9-11-14(12-10-13)19(2)3/h5-12,17-18H,1-4H3. The van der Waals surface area contributed by atoms with E-state index in [4.69, 9.17) is 4.74 Å². The Balaban J connectivity index is 2.36. The molecule has 0 amide bonds. The van der Waals surface area contributed by atoms with Crippen molar-refractivity contribution in [3.8, 4) is 5.75 Å². The molecule has 0 aliphatic carbocycles. The quantitative estimate of drug-likeness (QED) is 0.903. The van der Waals surface area contributed by atoms with Gasteiger partial charge in [0.05, 0.1) is 13.2 Å². The van der Waals surface area contributed by atoms with Crippen LogP contribution in [0.25, 0.3) is 0 Å². The van der Waals surface area contributed by atoms with E-state index in [2.05, 4.69) is 40.5 Å². The molecular formula is C17H22N2O. The predicted octanol–water partition coefficient (Wildman–Crippen LogP) is 3.07. The largest absolute Gasteiger partial charge is 0.496 e. The monoisotopic (exact) mass is 270 g/mol. The van der Waals surface area contributed by atoms with E-state index < -0.39 is 0 Å². The van der Waals surface area contributed by atoms with Gasteiger partial charge in [0.1, 0.15) is 5.75 Å². The molecule has 2 aromatic rings. The van der Waals surface area contributed by atoms with Crippen molar-refractivity contribution in [1.29, 1.82) is 0 Å². The summed E-state index contributed by atoms with van der Waals surface area (Å²) in [7, 11) is 7.77. The minimum atomic E-state index is 0.127. The maximum absolute atomic E-state index is 5.46. The summed E-state index contributed by atoms with van der Waals surface area (Å²) in [6, 6.07) is 16.8. The van der Waals surface area contributed by atoms with Crippen molar-refractivity contribution in [2.45, 2.75) is 6.04 Å². The van der Waals surface area contributed by atoms with Crippen LogP contribution in [0.2, 0.25) is 0 Å². The molecule has 1 unspecified atom stereocenters. The number of nitrogens with one attached hydrogen (secondary N) is 1. The first-order valence-corrected chi connectivity index (χ1v) is 6.75. The molecule has 0 saturated heterocycles. The zero-order valence-corrected chi connectivity index (χ0v) is 12.6. The SMILES string of the molecule is CNC(c1ccc(N(C)C)cc1)c1ccccc1OC. The molecular weight excluding hydrogens is 248 g/mol. The van der Waals surface area contributed by atoms with E-state index in [0.29, 0.717) is 0 Å². The van der Waals surface area contributed by atoms with E-state index in [0.717, 1.165) is 11.3 Å². The molecule has 1 atom stereocenters. The number of ether oxygens (including phenoxy) is 1. The van der Waals surface area contributed by atoms with Gasteiger partial charge in [-0.05, 0) is 30.8 Å². The fraction of sp³-hybridized carbons (Fsp3) is 0.294. The summed E-state index contributed by atoms with van der Waals surface area (Å²) < 4.78 is 5.46. The van der Waals surface area contributed by atoms with Crippen LogP contribution in [0.15, 0.2) is 48.5 Å². The average molecular weight is 270 g/mol. The highest BCUT2D eigenvalue weighted by Gasteiger charge is 2.15. The number of anilines is 1. The summed E-state index contributed by atoms with van der Waals surface area (Å²) in [5, 5.41) is 3.36. The number of nitrogens with zero attached hydrogens (tertiary/aromatic N) is 1. The van der Waals surface area contributed by atoms with Gasteiger partial charge in [-0.15, -0.1) is 0 Å². The van der Waals surface area contributed by atoms with Gasteiger partial charge in [0.15, 0.2) is 0 Å². The van der Waals surface area contributed by atoms with Crippen molar-refractivity contribution in [2.75, 3.05) is 33.2 Å². The Labute approximate surface area is 121 Å². The molecule has 0 radical (unpaired) electrons. The normalized spacial score (nSPS) is 12.0. The van der Waals surface area contributed by atoms with Gasteiger partial charge in [-0.25, -0.2) is 0 Å². The lowest BCUT2D eigenvalue weighted by Gasteiger charge is -2.21. The van der Waals surface area contributed by atoms with Crippen molar-refractivity contribution in [2.24, 2.45) is 0 Å². The predicted molar refractivity (Wildman–Crippen MR) is 84.7 cm³/mol. The molecule has 0 heterocycles. The van der Waals surface area contributed by atoms with Gasteiger partial charge in [0.2, 0.25) is 0 Å². The highest BCUT2D eigenvalue weighted by molar-refractivity contribution is 5.49. The molecule has 20 heavy (non-hydrogen) atoms. The number of hydrogen-bond acceptors (Lipinski definition) is 3. The maximum atomic E-state index is 5.46. The minimum absolute atomic E-state index is 0.127. The molecule has 0 spiro atoms. The maximum Gasteiger partial charge on any atom is 0.123 e. The Kier molecular flexibility index (Phi) is 4.64. The van der Waals surface area contributed by atoms with Crippen LogP contribution in [-0.4, -0.2) is 28.3 Å². The number of hydrogen-bond donors (Lipinski definition) is 1. The molecule has 2 aromatic carbocycles. The van der Waals surface area contributed by atoms with Gasteiger partial charge >= 0.3 is 0 Å². The third kappa shape index (κ3) is 2.94. The van der Waals surface area contributed by atoms with E-state index in [1.54, 1.807) is 7.11 Å². The Hall–Kier alpha value is -2.00. The van der Waals surface area contributed by atoms with Gasteiger partial charge in [-0.3, -0.25) is 0 Å². The zero-order valence-electron chi connectivity index (χ0n) is 12.6. The number of methoxy groups -OCH3 is 1. The van der Waals surface area contributed by atoms with Crippen molar-refractivity contribution >= 4 is 5.69 Å². The smallest absolute Gasteiger partial charge is 0.123 e. The highest BCUT2D eigenvalue weighted by Crippen LogP contribution is 2.30. The van der Waals surface area contributed by atoms with Crippen molar-refractivity contribution in [1.82, 2.24) is 5.32 Å². The van der Waals surface area contributed by atoms with Gasteiger partial charge in [-0.2, -0.15) is 0 Å². The summed E-state index contributed by atoms with van der Waals surface area (Å²) in [6.45, 7) is 0. The van der Waals surface area contributed by atoms with E-state index in [1.807, 2.05) is 39.3 Å². The second kappa shape index (κ2) is 6.44. The van der Waals surface area contributed by atoms with Crippen LogP contribution in [0.4, 0.5) is 5.69 Å². The summed E-state index contributed by atoms with van der Waals surface area (Å²) in [5.74, 6) is 0.906. The summed E-state index contributed by atoms with van der Waals surface area (Å²) in [5.41, 5.74) is 3.57. The Bertz CT molecular complexity index is 549. The first-order chi connectivity index (χ1) is 9.67. The molecule has 3 heteroatoms. The molecule has 0 aliphatic heterocycles. The lowest BCUT2D eigenvalue weighted by molar-refractivity contribution is 0.405. The Morgan fingerprint density at radius 1 is 1.00 bits per heavy atom. The van der Waals surface area contributed by atoms with Crippen molar-refractivity contribution < 1.29 is 4.74 Å². The van der Waals surface area contributed by atoms with Crippen LogP contribution < -0.4 is 15.0 Å². The third-order valence-corrected chi connectivity index (χ3v) is 3.48. The number of rotatable bonds is 5. The number of para-hydroxylation sites is 1. The van der Waals surface area contributed by atoms with Gasteiger partial charge in [-0.1, -0.05) is 30.3 Å². The van der Waals surface area contributed by atoms with Crippen molar-refractivity contribution in [3.63, 3.8) is 0 Å². The molecule has 106 valence electrons. The van der Waals surface area contributed by atoms with Gasteiger partial charge in [0.25, 0.3) is 0 Å². The van der Waals surface area contributed by atoms with Crippen LogP contribution >= 0.6 is 0 Å². The third-order valence-electron chi connectivity index (χ3n) is 3.48. The van der Waals surface area contributed by atoms with E-state index in [-0.39, 0.29) is 6.04 Å². The topological polar surface area (TPSA) is 24.5 Å². The molecule has 3 nitrogen and oxygen atoms in total. The lowest BCUT2D eigenvalue weighted by Crippen LogP contribution is -2.18. The van der Waals surface area contributed by atoms with Crippen LogP contribution in [0, 0.1) is 0 Å². The molecule has 1 N–H and O–H groups in total. The van der Waals surface area contributed by atoms with E-state index in [1.165, 1.54) is 11.3 Å². The van der Waals surface area contributed by atoms with Crippen LogP contribution in [0.5, 0.6) is 5.75 Å². The van der Waals surface area contributed by atoms with Crippen LogP contribution in [-0.2, 0) is 0 Å². The Morgan fingerprint density at radius 2 is 1.65 bits per heavy atom. The number of benzene rings is 2. The average Bonchev–Trinajstić information content (AvgIpc) is 2.49. The molecule has 0 fully saturated rings. The lowest BCUT2D eigenvalue weighted by atomic mass is 9.97. The first kappa shape index (κ1) is 14.4. The second-order valence-electron chi connectivity index (χ2n) is 4.95. The zero-order chi connectivity index (χ0) is 14.5. The summed E-state index contributed by atoms with van der Waals surface area (Å²) >= 11 is 0. The fourth-order valence-corrected chi connectivity index (χ4v) is 2.37. The van der Waals surface area contributed by atoms with E-state index >= 15 is 0 Å². The molecule has 0 saturated carbocycles. The van der Waals surface area contributed by atoms with E-state index in [9.17, 15) is 0 Å². The van der Waals surface area contributed by atoms with Gasteiger partial charge < -0.3 is 15.0 Å².